The van der Waals surface area contributed by atoms with Crippen molar-refractivity contribution in [3.8, 4) is 22.8 Å². The quantitative estimate of drug-likeness (QED) is 0.394. The van der Waals surface area contributed by atoms with Crippen LogP contribution < -0.4 is 9.47 Å². The van der Waals surface area contributed by atoms with Crippen molar-refractivity contribution in [3.05, 3.63) is 84.3 Å². The predicted molar refractivity (Wildman–Crippen MR) is 129 cm³/mol. The fraction of sp³-hybridized carbons (Fsp3) is 0.154. The molecule has 8 nitrogen and oxygen atoms in total. The molecule has 0 atom stereocenters. The summed E-state index contributed by atoms with van der Waals surface area (Å²) in [5.41, 5.74) is 6.84. The predicted octanol–water partition coefficient (Wildman–Crippen LogP) is 4.34. The van der Waals surface area contributed by atoms with E-state index in [1.165, 1.54) is 11.1 Å². The van der Waals surface area contributed by atoms with Crippen LogP contribution in [0, 0.1) is 0 Å². The molecule has 168 valence electrons. The lowest BCUT2D eigenvalue weighted by Crippen LogP contribution is -2.06. The molecule has 0 radical (unpaired) electrons. The molecule has 0 N–H and O–H groups in total. The molecule has 4 heterocycles. The number of nitrogens with zero attached hydrogens (tertiary/aromatic N) is 6. The monoisotopic (exact) mass is 450 g/mol. The molecule has 3 aromatic heterocycles. The lowest BCUT2D eigenvalue weighted by atomic mass is 10.0. The molecular weight excluding hydrogens is 428 g/mol. The van der Waals surface area contributed by atoms with E-state index in [2.05, 4.69) is 51.9 Å². The molecule has 0 saturated heterocycles. The van der Waals surface area contributed by atoms with E-state index in [1.54, 1.807) is 17.8 Å². The summed E-state index contributed by atoms with van der Waals surface area (Å²) in [6, 6.07) is 17.8. The third-order valence-corrected chi connectivity index (χ3v) is 6.17. The van der Waals surface area contributed by atoms with Crippen LogP contribution in [0.15, 0.2) is 67.4 Å². The first-order valence-electron chi connectivity index (χ1n) is 10.9. The molecule has 1 aliphatic heterocycles. The number of aromatic nitrogens is 5. The highest BCUT2D eigenvalue weighted by atomic mass is 16.5. The van der Waals surface area contributed by atoms with E-state index in [4.69, 9.17) is 14.6 Å². The van der Waals surface area contributed by atoms with Crippen molar-refractivity contribution in [1.29, 1.82) is 0 Å². The number of benzene rings is 2. The molecular formula is C26H22N6O2. The van der Waals surface area contributed by atoms with Crippen molar-refractivity contribution in [2.75, 3.05) is 14.2 Å². The lowest BCUT2D eigenvalue weighted by molar-refractivity contribution is 0.296. The van der Waals surface area contributed by atoms with Crippen LogP contribution in [0.3, 0.4) is 0 Å². The highest BCUT2D eigenvalue weighted by Gasteiger charge is 2.20. The number of methoxy groups -OCH3 is 1. The van der Waals surface area contributed by atoms with Crippen LogP contribution in [0.4, 0.5) is 0 Å². The maximum absolute atomic E-state index is 6.12. The van der Waals surface area contributed by atoms with E-state index in [9.17, 15) is 0 Å². The summed E-state index contributed by atoms with van der Waals surface area (Å²) in [6.45, 7) is 5.23. The Morgan fingerprint density at radius 2 is 1.94 bits per heavy atom. The zero-order valence-electron chi connectivity index (χ0n) is 18.9. The van der Waals surface area contributed by atoms with Crippen molar-refractivity contribution >= 4 is 22.2 Å². The fourth-order valence-corrected chi connectivity index (χ4v) is 4.30. The Morgan fingerprint density at radius 3 is 2.82 bits per heavy atom. The molecule has 0 amide bonds. The minimum atomic E-state index is 0.220. The summed E-state index contributed by atoms with van der Waals surface area (Å²) < 4.78 is 13.1. The SMILES string of the molecule is C=C1c2ccc(-c3ccc4nnc(COc5ccnc6cc(OC)ccc56)n4n3)cc2CN1C. The maximum Gasteiger partial charge on any atom is 0.192 e. The Bertz CT molecular complexity index is 1570. The van der Waals surface area contributed by atoms with E-state index >= 15 is 0 Å². The van der Waals surface area contributed by atoms with Gasteiger partial charge in [0.05, 0.1) is 18.3 Å². The molecule has 6 rings (SSSR count). The Hall–Kier alpha value is -4.46. The third kappa shape index (κ3) is 3.31. The Morgan fingerprint density at radius 1 is 1.03 bits per heavy atom. The molecule has 0 aliphatic carbocycles. The summed E-state index contributed by atoms with van der Waals surface area (Å²) in [5.74, 6) is 2.08. The lowest BCUT2D eigenvalue weighted by Gasteiger charge is -2.10. The summed E-state index contributed by atoms with van der Waals surface area (Å²) in [7, 11) is 3.69. The Balaban J connectivity index is 1.30. The topological polar surface area (TPSA) is 77.7 Å². The van der Waals surface area contributed by atoms with Gasteiger partial charge in [-0.25, -0.2) is 0 Å². The third-order valence-electron chi connectivity index (χ3n) is 6.17. The van der Waals surface area contributed by atoms with E-state index in [-0.39, 0.29) is 6.61 Å². The molecule has 0 saturated carbocycles. The Kier molecular flexibility index (Phi) is 4.65. The summed E-state index contributed by atoms with van der Waals surface area (Å²) >= 11 is 0. The Labute approximate surface area is 196 Å². The summed E-state index contributed by atoms with van der Waals surface area (Å²) in [4.78, 5) is 6.56. The number of hydrogen-bond acceptors (Lipinski definition) is 7. The van der Waals surface area contributed by atoms with Crippen molar-refractivity contribution < 1.29 is 9.47 Å². The number of rotatable bonds is 5. The van der Waals surface area contributed by atoms with Gasteiger partial charge in [0.1, 0.15) is 18.1 Å². The van der Waals surface area contributed by atoms with E-state index in [0.29, 0.717) is 17.2 Å². The van der Waals surface area contributed by atoms with Crippen LogP contribution in [0.25, 0.3) is 33.5 Å². The standard InChI is InChI=1S/C26H22N6O2/c1-16-20-6-4-17(12-18(20)14-31(16)2)22-8-9-25-28-29-26(32(25)30-22)15-34-24-10-11-27-23-13-19(33-3)5-7-21(23)24/h4-13H,1,14-15H2,2-3H3. The van der Waals surface area contributed by atoms with Gasteiger partial charge in [-0.2, -0.15) is 9.61 Å². The van der Waals surface area contributed by atoms with Gasteiger partial charge in [-0.15, -0.1) is 10.2 Å². The van der Waals surface area contributed by atoms with E-state index < -0.39 is 0 Å². The summed E-state index contributed by atoms with van der Waals surface area (Å²) in [6.07, 6.45) is 1.72. The number of hydrogen-bond donors (Lipinski definition) is 0. The van der Waals surface area contributed by atoms with Gasteiger partial charge in [-0.05, 0) is 42.0 Å². The van der Waals surface area contributed by atoms with Crippen molar-refractivity contribution in [1.82, 2.24) is 29.7 Å². The average Bonchev–Trinajstić information content (AvgIpc) is 3.41. The molecule has 0 spiro atoms. The van der Waals surface area contributed by atoms with Gasteiger partial charge < -0.3 is 14.4 Å². The second kappa shape index (κ2) is 7.84. The van der Waals surface area contributed by atoms with Crippen LogP contribution >= 0.6 is 0 Å². The van der Waals surface area contributed by atoms with Crippen molar-refractivity contribution in [2.24, 2.45) is 0 Å². The number of pyridine rings is 1. The van der Waals surface area contributed by atoms with Crippen LogP contribution in [0.2, 0.25) is 0 Å². The second-order valence-corrected chi connectivity index (χ2v) is 8.26. The van der Waals surface area contributed by atoms with Gasteiger partial charge in [-0.3, -0.25) is 4.98 Å². The first-order chi connectivity index (χ1) is 16.6. The van der Waals surface area contributed by atoms with Gasteiger partial charge in [0, 0.05) is 48.1 Å². The maximum atomic E-state index is 6.12. The molecule has 0 unspecified atom stereocenters. The molecule has 0 bridgehead atoms. The van der Waals surface area contributed by atoms with Crippen molar-refractivity contribution in [3.63, 3.8) is 0 Å². The van der Waals surface area contributed by atoms with Crippen LogP contribution in [-0.2, 0) is 13.2 Å². The zero-order valence-corrected chi connectivity index (χ0v) is 18.9. The molecule has 1 aliphatic rings. The first kappa shape index (κ1) is 20.2. The zero-order chi connectivity index (χ0) is 23.2. The van der Waals surface area contributed by atoms with E-state index in [1.807, 2.05) is 36.4 Å². The van der Waals surface area contributed by atoms with Crippen LogP contribution in [-0.4, -0.2) is 43.9 Å². The average molecular weight is 451 g/mol. The molecule has 0 fully saturated rings. The van der Waals surface area contributed by atoms with Gasteiger partial charge in [0.2, 0.25) is 0 Å². The highest BCUT2D eigenvalue weighted by Crippen LogP contribution is 2.33. The van der Waals surface area contributed by atoms with E-state index in [0.717, 1.165) is 40.2 Å². The molecule has 2 aromatic carbocycles. The van der Waals surface area contributed by atoms with Gasteiger partial charge >= 0.3 is 0 Å². The molecule has 34 heavy (non-hydrogen) atoms. The molecule has 8 heteroatoms. The van der Waals surface area contributed by atoms with Gasteiger partial charge in [-0.1, -0.05) is 18.7 Å². The largest absolute Gasteiger partial charge is 0.497 e. The van der Waals surface area contributed by atoms with Gasteiger partial charge in [0.25, 0.3) is 0 Å². The minimum absolute atomic E-state index is 0.220. The minimum Gasteiger partial charge on any atom is -0.497 e. The number of ether oxygens (including phenoxy) is 2. The summed E-state index contributed by atoms with van der Waals surface area (Å²) in [5, 5.41) is 14.3. The molecule has 5 aromatic rings. The van der Waals surface area contributed by atoms with Crippen molar-refractivity contribution in [2.45, 2.75) is 13.2 Å². The second-order valence-electron chi connectivity index (χ2n) is 8.26. The highest BCUT2D eigenvalue weighted by molar-refractivity contribution is 5.86. The smallest absolute Gasteiger partial charge is 0.192 e. The normalized spacial score (nSPS) is 13.0. The van der Waals surface area contributed by atoms with Crippen LogP contribution in [0.1, 0.15) is 17.0 Å². The first-order valence-corrected chi connectivity index (χ1v) is 10.9. The fourth-order valence-electron chi connectivity index (χ4n) is 4.30. The number of fused-ring (bicyclic) bond motifs is 3. The van der Waals surface area contributed by atoms with Crippen LogP contribution in [0.5, 0.6) is 11.5 Å². The van der Waals surface area contributed by atoms with Gasteiger partial charge in [0.15, 0.2) is 11.5 Å².